The fraction of sp³-hybridized carbons (Fsp3) is 0.238. The van der Waals surface area contributed by atoms with E-state index in [9.17, 15) is 0 Å². The summed E-state index contributed by atoms with van der Waals surface area (Å²) in [4.78, 5) is 4.79. The topological polar surface area (TPSA) is 44.9 Å². The van der Waals surface area contributed by atoms with E-state index in [1.165, 1.54) is 38.6 Å². The number of ether oxygens (including phenoxy) is 1. The highest BCUT2D eigenvalue weighted by Gasteiger charge is 2.19. The molecule has 7 rings (SSSR count). The predicted octanol–water partition coefficient (Wildman–Crippen LogP) is 11.5. The quantitative estimate of drug-likeness (QED) is 0.170. The summed E-state index contributed by atoms with van der Waals surface area (Å²) in [6.07, 6.45) is 6.04. The second kappa shape index (κ2) is 12.2. The van der Waals surface area contributed by atoms with Crippen molar-refractivity contribution >= 4 is 21.8 Å². The fourth-order valence-corrected chi connectivity index (χ4v) is 6.68. The van der Waals surface area contributed by atoms with Crippen LogP contribution < -0.4 is 4.74 Å². The summed E-state index contributed by atoms with van der Waals surface area (Å²) in [7, 11) is 0. The Labute approximate surface area is 277 Å². The van der Waals surface area contributed by atoms with Crippen LogP contribution in [0.5, 0.6) is 11.5 Å². The summed E-state index contributed by atoms with van der Waals surface area (Å²) in [6.45, 7) is 15.7. The number of hydrogen-bond donors (Lipinski definition) is 0. The average Bonchev–Trinajstić information content (AvgIpc) is 3.67. The molecule has 5 nitrogen and oxygen atoms in total. The first-order valence-corrected chi connectivity index (χ1v) is 16.6. The Morgan fingerprint density at radius 1 is 0.660 bits per heavy atom. The average molecular weight is 619 g/mol. The normalized spacial score (nSPS) is 11.9. The van der Waals surface area contributed by atoms with Crippen LogP contribution in [-0.2, 0) is 0 Å². The number of para-hydroxylation sites is 1. The minimum atomic E-state index is 0.410. The zero-order chi connectivity index (χ0) is 32.8. The third-order valence-electron chi connectivity index (χ3n) is 9.09. The number of aryl methyl sites for hydroxylation is 1. The van der Waals surface area contributed by atoms with Crippen LogP contribution in [0, 0.1) is 6.92 Å². The van der Waals surface area contributed by atoms with Crippen LogP contribution in [0.3, 0.4) is 0 Å². The van der Waals surface area contributed by atoms with Crippen molar-refractivity contribution in [2.45, 2.75) is 66.2 Å². The summed E-state index contributed by atoms with van der Waals surface area (Å²) in [5.41, 5.74) is 10.9. The molecule has 0 atom stereocenters. The largest absolute Gasteiger partial charge is 0.457 e. The van der Waals surface area contributed by atoms with Crippen molar-refractivity contribution in [3.8, 4) is 34.1 Å². The predicted molar refractivity (Wildman–Crippen MR) is 195 cm³/mol. The molecule has 0 radical (unpaired) electrons. The van der Waals surface area contributed by atoms with Crippen molar-refractivity contribution in [3.05, 3.63) is 132 Å². The number of rotatable bonds is 8. The summed E-state index contributed by atoms with van der Waals surface area (Å²) < 4.78 is 10.7. The molecule has 0 amide bonds. The van der Waals surface area contributed by atoms with Crippen LogP contribution in [0.4, 0.5) is 0 Å². The molecule has 0 aliphatic rings. The zero-order valence-electron chi connectivity index (χ0n) is 28.3. The maximum absolute atomic E-state index is 6.53. The van der Waals surface area contributed by atoms with Crippen molar-refractivity contribution in [3.63, 3.8) is 0 Å². The molecule has 0 bridgehead atoms. The number of benzene rings is 4. The van der Waals surface area contributed by atoms with E-state index in [-0.39, 0.29) is 0 Å². The number of hydrogen-bond acceptors (Lipinski definition) is 3. The lowest BCUT2D eigenvalue weighted by Crippen LogP contribution is -2.01. The molecule has 3 heterocycles. The highest BCUT2D eigenvalue weighted by molar-refractivity contribution is 6.09. The molecule has 0 fully saturated rings. The lowest BCUT2D eigenvalue weighted by Gasteiger charge is -2.20. The number of pyridine rings is 1. The van der Waals surface area contributed by atoms with Gasteiger partial charge in [-0.2, -0.15) is 5.10 Å². The molecule has 236 valence electrons. The van der Waals surface area contributed by atoms with Gasteiger partial charge in [-0.05, 0) is 89.4 Å². The Morgan fingerprint density at radius 3 is 2.13 bits per heavy atom. The van der Waals surface area contributed by atoms with Crippen molar-refractivity contribution < 1.29 is 4.74 Å². The van der Waals surface area contributed by atoms with E-state index in [2.05, 4.69) is 126 Å². The summed E-state index contributed by atoms with van der Waals surface area (Å²) in [5.74, 6) is 3.66. The molecule has 0 saturated carbocycles. The smallest absolute Gasteiger partial charge is 0.137 e. The van der Waals surface area contributed by atoms with Crippen molar-refractivity contribution in [2.75, 3.05) is 0 Å². The Bertz CT molecular complexity index is 2200. The van der Waals surface area contributed by atoms with E-state index in [1.807, 2.05) is 41.3 Å². The summed E-state index contributed by atoms with van der Waals surface area (Å²) in [5, 5.41) is 7.17. The number of fused-ring (bicyclic) bond motifs is 3. The van der Waals surface area contributed by atoms with Gasteiger partial charge in [0.25, 0.3) is 0 Å². The number of nitrogens with zero attached hydrogens (tertiary/aromatic N) is 4. The highest BCUT2D eigenvalue weighted by atomic mass is 16.5. The van der Waals surface area contributed by atoms with E-state index in [0.717, 1.165) is 39.6 Å². The minimum Gasteiger partial charge on any atom is -0.457 e. The zero-order valence-corrected chi connectivity index (χ0v) is 28.3. The molecular formula is C42H42N4O. The third-order valence-corrected chi connectivity index (χ3v) is 9.09. The Morgan fingerprint density at radius 2 is 1.38 bits per heavy atom. The molecular weight excluding hydrogens is 576 g/mol. The molecule has 0 unspecified atom stereocenters. The first-order valence-electron chi connectivity index (χ1n) is 16.6. The van der Waals surface area contributed by atoms with Gasteiger partial charge in [-0.15, -0.1) is 0 Å². The maximum Gasteiger partial charge on any atom is 0.137 e. The van der Waals surface area contributed by atoms with E-state index < -0.39 is 0 Å². The van der Waals surface area contributed by atoms with Gasteiger partial charge in [0, 0.05) is 40.9 Å². The van der Waals surface area contributed by atoms with E-state index in [1.54, 1.807) is 0 Å². The summed E-state index contributed by atoms with van der Waals surface area (Å²) in [6, 6.07) is 31.9. The second-order valence-electron chi connectivity index (χ2n) is 13.5. The standard InChI is InChI=1S/C42H42N4O/c1-26(2)30-17-18-43-41(21-30)46-39-14-9-8-13-35(39)36-16-15-34(23-40(36)46)47-33-12-10-11-32(22-33)45-25-31(24-44-45)42-37(27(3)4)19-29(7)20-38(42)28(5)6/h8-28H,1-7H3. The molecule has 47 heavy (non-hydrogen) atoms. The van der Waals surface area contributed by atoms with Gasteiger partial charge in [0.05, 0.1) is 22.9 Å². The lowest BCUT2D eigenvalue weighted by molar-refractivity contribution is 0.483. The lowest BCUT2D eigenvalue weighted by atomic mass is 9.84. The van der Waals surface area contributed by atoms with Gasteiger partial charge in [-0.3, -0.25) is 4.57 Å². The van der Waals surface area contributed by atoms with E-state index in [0.29, 0.717) is 17.8 Å². The first-order chi connectivity index (χ1) is 22.7. The molecule has 5 heteroatoms. The van der Waals surface area contributed by atoms with Gasteiger partial charge in [0.1, 0.15) is 17.3 Å². The van der Waals surface area contributed by atoms with Gasteiger partial charge >= 0.3 is 0 Å². The van der Waals surface area contributed by atoms with E-state index in [4.69, 9.17) is 14.8 Å². The van der Waals surface area contributed by atoms with Crippen LogP contribution in [0.15, 0.2) is 110 Å². The Balaban J connectivity index is 1.25. The first kappa shape index (κ1) is 30.5. The monoisotopic (exact) mass is 618 g/mol. The molecule has 0 spiro atoms. The van der Waals surface area contributed by atoms with Crippen LogP contribution in [-0.4, -0.2) is 19.3 Å². The Kier molecular flexibility index (Phi) is 7.93. The van der Waals surface area contributed by atoms with Crippen LogP contribution in [0.25, 0.3) is 44.4 Å². The van der Waals surface area contributed by atoms with Crippen LogP contribution in [0.1, 0.15) is 81.5 Å². The van der Waals surface area contributed by atoms with Gasteiger partial charge in [-0.25, -0.2) is 9.67 Å². The van der Waals surface area contributed by atoms with Crippen molar-refractivity contribution in [2.24, 2.45) is 0 Å². The second-order valence-corrected chi connectivity index (χ2v) is 13.5. The van der Waals surface area contributed by atoms with Crippen LogP contribution in [0.2, 0.25) is 0 Å². The summed E-state index contributed by atoms with van der Waals surface area (Å²) >= 11 is 0. The molecule has 0 aliphatic carbocycles. The minimum absolute atomic E-state index is 0.410. The molecule has 0 N–H and O–H groups in total. The van der Waals surface area contributed by atoms with Gasteiger partial charge in [0.15, 0.2) is 0 Å². The van der Waals surface area contributed by atoms with Gasteiger partial charge < -0.3 is 4.74 Å². The Hall–Kier alpha value is -5.16. The van der Waals surface area contributed by atoms with Crippen LogP contribution >= 0.6 is 0 Å². The number of aromatic nitrogens is 4. The molecule has 7 aromatic rings. The van der Waals surface area contributed by atoms with Crippen molar-refractivity contribution in [1.82, 2.24) is 19.3 Å². The molecule has 0 saturated heterocycles. The van der Waals surface area contributed by atoms with Gasteiger partial charge in [0.2, 0.25) is 0 Å². The fourth-order valence-electron chi connectivity index (χ4n) is 6.68. The third kappa shape index (κ3) is 5.71. The maximum atomic E-state index is 6.53. The molecule has 0 aliphatic heterocycles. The molecule has 3 aromatic heterocycles. The van der Waals surface area contributed by atoms with Crippen molar-refractivity contribution in [1.29, 1.82) is 0 Å². The van der Waals surface area contributed by atoms with E-state index >= 15 is 0 Å². The van der Waals surface area contributed by atoms with Gasteiger partial charge in [-0.1, -0.05) is 83.5 Å². The molecule has 4 aromatic carbocycles. The highest BCUT2D eigenvalue weighted by Crippen LogP contribution is 2.38. The SMILES string of the molecule is Cc1cc(C(C)C)c(-c2cnn(-c3cccc(Oc4ccc5c6ccccc6n(-c6cc(C(C)C)ccn6)c5c4)c3)c2)c(C(C)C)c1.